The van der Waals surface area contributed by atoms with Crippen molar-refractivity contribution in [3.8, 4) is 0 Å². The van der Waals surface area contributed by atoms with Crippen molar-refractivity contribution in [2.24, 2.45) is 5.92 Å². The van der Waals surface area contributed by atoms with E-state index in [0.717, 1.165) is 6.42 Å². The van der Waals surface area contributed by atoms with Crippen LogP contribution in [0.25, 0.3) is 0 Å². The lowest BCUT2D eigenvalue weighted by molar-refractivity contribution is -0.116. The van der Waals surface area contributed by atoms with Crippen molar-refractivity contribution < 1.29 is 14.3 Å². The van der Waals surface area contributed by atoms with Crippen molar-refractivity contribution >= 4 is 23.5 Å². The average Bonchev–Trinajstić information content (AvgIpc) is 2.10. The molecule has 0 aromatic carbocycles. The van der Waals surface area contributed by atoms with Crippen LogP contribution in [0.2, 0.25) is 0 Å². The molecule has 0 aromatic rings. The molecule has 1 aliphatic rings. The second kappa shape index (κ2) is 5.95. The molecule has 0 saturated carbocycles. The number of halogens is 1. The molecule has 4 nitrogen and oxygen atoms in total. The van der Waals surface area contributed by atoms with Crippen LogP contribution in [-0.4, -0.2) is 28.4 Å². The summed E-state index contributed by atoms with van der Waals surface area (Å²) in [5.74, 6) is 0.320. The zero-order valence-corrected chi connectivity index (χ0v) is 13.0. The molecule has 0 saturated heterocycles. The summed E-state index contributed by atoms with van der Waals surface area (Å²) < 4.78 is 5.35. The van der Waals surface area contributed by atoms with Gasteiger partial charge >= 0.3 is 6.09 Å². The van der Waals surface area contributed by atoms with Gasteiger partial charge in [-0.05, 0) is 33.1 Å². The summed E-state index contributed by atoms with van der Waals surface area (Å²) in [4.78, 5) is 25.2. The number of carbonyl (C=O) groups is 2. The number of ether oxygens (including phenoxy) is 1. The second-order valence-corrected chi connectivity index (χ2v) is 6.66. The van der Waals surface area contributed by atoms with Gasteiger partial charge in [0.2, 0.25) is 0 Å². The molecule has 1 rings (SSSR count). The fraction of sp³-hybridized carbons (Fsp3) is 0.714. The van der Waals surface area contributed by atoms with E-state index < -0.39 is 11.7 Å². The van der Waals surface area contributed by atoms with Gasteiger partial charge in [-0.15, -0.1) is 0 Å². The molecule has 1 amide bonds. The summed E-state index contributed by atoms with van der Waals surface area (Å²) in [6, 6.07) is -0.222. The van der Waals surface area contributed by atoms with Crippen LogP contribution >= 0.6 is 11.6 Å². The van der Waals surface area contributed by atoms with E-state index in [1.807, 2.05) is 13.8 Å². The Labute approximate surface area is 119 Å². The molecule has 0 fully saturated rings. The number of carbonyl (C=O) groups excluding carboxylic acids is 2. The van der Waals surface area contributed by atoms with Crippen molar-refractivity contribution in [1.82, 2.24) is 4.90 Å². The zero-order chi connectivity index (χ0) is 14.8. The van der Waals surface area contributed by atoms with Gasteiger partial charge in [0.25, 0.3) is 0 Å². The number of allylic oxidation sites excluding steroid dienone is 1. The Morgan fingerprint density at radius 3 is 2.58 bits per heavy atom. The minimum Gasteiger partial charge on any atom is -0.443 e. The third-order valence-electron chi connectivity index (χ3n) is 2.65. The summed E-state index contributed by atoms with van der Waals surface area (Å²) in [5.41, 5.74) is -0.585. The molecular formula is C14H22ClNO3. The van der Waals surface area contributed by atoms with Crippen LogP contribution < -0.4 is 0 Å². The van der Waals surface area contributed by atoms with Gasteiger partial charge in [0.1, 0.15) is 10.8 Å². The zero-order valence-electron chi connectivity index (χ0n) is 12.2. The Morgan fingerprint density at radius 1 is 1.53 bits per heavy atom. The summed E-state index contributed by atoms with van der Waals surface area (Å²) in [5, 5.41) is 0.149. The standard InChI is InChI=1S/C14H22ClNO3/c1-9(2)6-10-7-11(17)8-12(15)16(10)13(18)19-14(3,4)5/h8-10H,6-7H2,1-5H3. The lowest BCUT2D eigenvalue weighted by atomic mass is 9.96. The van der Waals surface area contributed by atoms with Gasteiger partial charge in [-0.1, -0.05) is 25.4 Å². The quantitative estimate of drug-likeness (QED) is 0.728. The molecule has 0 bridgehead atoms. The summed E-state index contributed by atoms with van der Waals surface area (Å²) >= 11 is 6.04. The van der Waals surface area contributed by atoms with Gasteiger partial charge in [0, 0.05) is 18.5 Å². The molecular weight excluding hydrogens is 266 g/mol. The molecule has 0 spiro atoms. The van der Waals surface area contributed by atoms with E-state index in [2.05, 4.69) is 0 Å². The molecule has 0 aliphatic carbocycles. The van der Waals surface area contributed by atoms with Crippen molar-refractivity contribution in [1.29, 1.82) is 0 Å². The number of hydrogen-bond acceptors (Lipinski definition) is 3. The van der Waals surface area contributed by atoms with Crippen LogP contribution in [0.1, 0.15) is 47.5 Å². The molecule has 0 N–H and O–H groups in total. The fourth-order valence-corrected chi connectivity index (χ4v) is 2.37. The Kier molecular flexibility index (Phi) is 5.02. The first-order valence-electron chi connectivity index (χ1n) is 6.52. The Bertz CT molecular complexity index is 396. The smallest absolute Gasteiger partial charge is 0.415 e. The summed E-state index contributed by atoms with van der Waals surface area (Å²) in [6.45, 7) is 9.49. The van der Waals surface area contributed by atoms with E-state index in [9.17, 15) is 9.59 Å². The molecule has 1 heterocycles. The first-order chi connectivity index (χ1) is 8.60. The molecule has 1 atom stereocenters. The third-order valence-corrected chi connectivity index (χ3v) is 2.94. The maximum atomic E-state index is 12.2. The first-order valence-corrected chi connectivity index (χ1v) is 6.90. The largest absolute Gasteiger partial charge is 0.443 e. The highest BCUT2D eigenvalue weighted by Crippen LogP contribution is 2.28. The molecule has 1 unspecified atom stereocenters. The van der Waals surface area contributed by atoms with Crippen LogP contribution in [0.15, 0.2) is 11.2 Å². The van der Waals surface area contributed by atoms with Crippen LogP contribution in [0.4, 0.5) is 4.79 Å². The van der Waals surface area contributed by atoms with E-state index in [0.29, 0.717) is 12.3 Å². The minimum atomic E-state index is -0.585. The van der Waals surface area contributed by atoms with Crippen LogP contribution in [0.3, 0.4) is 0 Å². The van der Waals surface area contributed by atoms with Crippen molar-refractivity contribution in [3.05, 3.63) is 11.2 Å². The van der Waals surface area contributed by atoms with E-state index >= 15 is 0 Å². The van der Waals surface area contributed by atoms with Crippen LogP contribution in [-0.2, 0) is 9.53 Å². The summed E-state index contributed by atoms with van der Waals surface area (Å²) in [6.07, 6.45) is 1.82. The number of hydrogen-bond donors (Lipinski definition) is 0. The van der Waals surface area contributed by atoms with Crippen LogP contribution in [0, 0.1) is 5.92 Å². The normalized spacial score (nSPS) is 20.6. The average molecular weight is 288 g/mol. The molecule has 0 aromatic heterocycles. The highest BCUT2D eigenvalue weighted by molar-refractivity contribution is 6.32. The van der Waals surface area contributed by atoms with Gasteiger partial charge in [0.15, 0.2) is 5.78 Å². The van der Waals surface area contributed by atoms with E-state index in [1.165, 1.54) is 11.0 Å². The van der Waals surface area contributed by atoms with Gasteiger partial charge in [-0.3, -0.25) is 9.69 Å². The maximum absolute atomic E-state index is 12.2. The third kappa shape index (κ3) is 4.86. The Balaban J connectivity index is 2.93. The molecule has 0 radical (unpaired) electrons. The van der Waals surface area contributed by atoms with Gasteiger partial charge in [-0.2, -0.15) is 0 Å². The van der Waals surface area contributed by atoms with E-state index in [4.69, 9.17) is 16.3 Å². The maximum Gasteiger partial charge on any atom is 0.415 e. The monoisotopic (exact) mass is 287 g/mol. The van der Waals surface area contributed by atoms with Gasteiger partial charge < -0.3 is 4.74 Å². The number of amides is 1. The first kappa shape index (κ1) is 16.0. The number of ketones is 1. The fourth-order valence-electron chi connectivity index (χ4n) is 2.04. The molecule has 1 aliphatic heterocycles. The lowest BCUT2D eigenvalue weighted by Crippen LogP contribution is -2.45. The highest BCUT2D eigenvalue weighted by atomic mass is 35.5. The van der Waals surface area contributed by atoms with E-state index in [1.54, 1.807) is 20.8 Å². The topological polar surface area (TPSA) is 46.6 Å². The predicted molar refractivity (Wildman–Crippen MR) is 74.9 cm³/mol. The van der Waals surface area contributed by atoms with Gasteiger partial charge in [0.05, 0.1) is 0 Å². The van der Waals surface area contributed by atoms with E-state index in [-0.39, 0.29) is 17.0 Å². The molecule has 108 valence electrons. The number of rotatable bonds is 2. The Hall–Kier alpha value is -1.03. The lowest BCUT2D eigenvalue weighted by Gasteiger charge is -2.35. The predicted octanol–water partition coefficient (Wildman–Crippen LogP) is 3.69. The van der Waals surface area contributed by atoms with Crippen molar-refractivity contribution in [2.75, 3.05) is 0 Å². The Morgan fingerprint density at radius 2 is 2.11 bits per heavy atom. The highest BCUT2D eigenvalue weighted by Gasteiger charge is 2.35. The number of nitrogens with zero attached hydrogens (tertiary/aromatic N) is 1. The van der Waals surface area contributed by atoms with Gasteiger partial charge in [-0.25, -0.2) is 4.79 Å². The van der Waals surface area contributed by atoms with Crippen LogP contribution in [0.5, 0.6) is 0 Å². The SMILES string of the molecule is CC(C)CC1CC(=O)C=C(Cl)N1C(=O)OC(C)(C)C. The molecule has 5 heteroatoms. The summed E-state index contributed by atoms with van der Waals surface area (Å²) in [7, 11) is 0. The second-order valence-electron chi connectivity index (χ2n) is 6.27. The van der Waals surface area contributed by atoms with Crippen molar-refractivity contribution in [3.63, 3.8) is 0 Å². The minimum absolute atomic E-state index is 0.0459. The van der Waals surface area contributed by atoms with Crippen molar-refractivity contribution in [2.45, 2.75) is 59.1 Å². The molecule has 19 heavy (non-hydrogen) atoms.